The first-order chi connectivity index (χ1) is 10.1. The Balaban J connectivity index is 1.64. The summed E-state index contributed by atoms with van der Waals surface area (Å²) in [5, 5.41) is 0. The SMILES string of the molecule is CN1CCOC(CN(C)C(=O)c2ccc3c(c2)OCO3)C1. The van der Waals surface area contributed by atoms with Crippen LogP contribution in [0.2, 0.25) is 0 Å². The van der Waals surface area contributed by atoms with E-state index in [2.05, 4.69) is 11.9 Å². The predicted molar refractivity (Wildman–Crippen MR) is 76.8 cm³/mol. The maximum absolute atomic E-state index is 12.5. The molecule has 2 aliphatic rings. The Labute approximate surface area is 124 Å². The molecule has 6 nitrogen and oxygen atoms in total. The van der Waals surface area contributed by atoms with E-state index < -0.39 is 0 Å². The highest BCUT2D eigenvalue weighted by Gasteiger charge is 2.23. The minimum atomic E-state index is -0.0369. The third kappa shape index (κ3) is 3.11. The van der Waals surface area contributed by atoms with Gasteiger partial charge in [0.15, 0.2) is 11.5 Å². The molecule has 21 heavy (non-hydrogen) atoms. The Morgan fingerprint density at radius 3 is 3.00 bits per heavy atom. The molecule has 1 fully saturated rings. The summed E-state index contributed by atoms with van der Waals surface area (Å²) in [5.74, 6) is 1.28. The van der Waals surface area contributed by atoms with Crippen LogP contribution in [0.5, 0.6) is 11.5 Å². The lowest BCUT2D eigenvalue weighted by molar-refractivity contribution is -0.0301. The first-order valence-electron chi connectivity index (χ1n) is 7.09. The van der Waals surface area contributed by atoms with Crippen molar-refractivity contribution in [2.24, 2.45) is 0 Å². The standard InChI is InChI=1S/C15H20N2O4/c1-16-5-6-19-12(8-16)9-17(2)15(18)11-3-4-13-14(7-11)21-10-20-13/h3-4,7,12H,5-6,8-10H2,1-2H3. The Hall–Kier alpha value is -1.79. The summed E-state index contributed by atoms with van der Waals surface area (Å²) in [5.41, 5.74) is 0.603. The number of benzene rings is 1. The van der Waals surface area contributed by atoms with Gasteiger partial charge in [0.2, 0.25) is 6.79 Å². The van der Waals surface area contributed by atoms with Crippen LogP contribution in [-0.2, 0) is 4.74 Å². The van der Waals surface area contributed by atoms with Gasteiger partial charge in [-0.15, -0.1) is 0 Å². The van der Waals surface area contributed by atoms with Crippen molar-refractivity contribution in [3.63, 3.8) is 0 Å². The van der Waals surface area contributed by atoms with Crippen LogP contribution in [0.4, 0.5) is 0 Å². The third-order valence-corrected chi connectivity index (χ3v) is 3.79. The molecule has 1 aromatic carbocycles. The molecule has 2 heterocycles. The first-order valence-corrected chi connectivity index (χ1v) is 7.09. The van der Waals surface area contributed by atoms with Gasteiger partial charge in [0, 0.05) is 32.2 Å². The summed E-state index contributed by atoms with van der Waals surface area (Å²) in [6, 6.07) is 5.27. The lowest BCUT2D eigenvalue weighted by Crippen LogP contribution is -2.46. The van der Waals surface area contributed by atoms with E-state index in [0.29, 0.717) is 30.2 Å². The highest BCUT2D eigenvalue weighted by Crippen LogP contribution is 2.32. The number of amides is 1. The van der Waals surface area contributed by atoms with E-state index in [1.807, 2.05) is 0 Å². The molecule has 1 unspecified atom stereocenters. The first kappa shape index (κ1) is 14.2. The molecule has 3 rings (SSSR count). The van der Waals surface area contributed by atoms with Crippen molar-refractivity contribution in [1.82, 2.24) is 9.80 Å². The minimum absolute atomic E-state index is 0.0369. The number of carbonyl (C=O) groups is 1. The van der Waals surface area contributed by atoms with E-state index >= 15 is 0 Å². The molecular formula is C15H20N2O4. The topological polar surface area (TPSA) is 51.2 Å². The van der Waals surface area contributed by atoms with Crippen molar-refractivity contribution in [2.45, 2.75) is 6.10 Å². The van der Waals surface area contributed by atoms with Crippen LogP contribution in [0, 0.1) is 0 Å². The number of fused-ring (bicyclic) bond motifs is 1. The number of morpholine rings is 1. The van der Waals surface area contributed by atoms with Crippen LogP contribution >= 0.6 is 0 Å². The summed E-state index contributed by atoms with van der Waals surface area (Å²) < 4.78 is 16.3. The number of carbonyl (C=O) groups excluding carboxylic acids is 1. The van der Waals surface area contributed by atoms with Crippen LogP contribution in [0.15, 0.2) is 18.2 Å². The molecule has 114 valence electrons. The summed E-state index contributed by atoms with van der Waals surface area (Å²) in [6.07, 6.45) is 0.0618. The largest absolute Gasteiger partial charge is 0.454 e. The number of hydrogen-bond donors (Lipinski definition) is 0. The van der Waals surface area contributed by atoms with E-state index in [9.17, 15) is 4.79 Å². The molecule has 0 saturated carbocycles. The molecule has 0 radical (unpaired) electrons. The quantitative estimate of drug-likeness (QED) is 0.825. The van der Waals surface area contributed by atoms with Gasteiger partial charge in [0.1, 0.15) is 0 Å². The molecule has 0 spiro atoms. The van der Waals surface area contributed by atoms with Gasteiger partial charge < -0.3 is 24.0 Å². The molecule has 1 amide bonds. The van der Waals surface area contributed by atoms with E-state index in [4.69, 9.17) is 14.2 Å². The molecule has 1 saturated heterocycles. The molecule has 0 bridgehead atoms. The van der Waals surface area contributed by atoms with E-state index in [1.165, 1.54) is 0 Å². The van der Waals surface area contributed by atoms with Gasteiger partial charge in [0.05, 0.1) is 12.7 Å². The Kier molecular flexibility index (Phi) is 3.98. The summed E-state index contributed by atoms with van der Waals surface area (Å²) >= 11 is 0. The normalized spacial score (nSPS) is 21.3. The molecule has 0 N–H and O–H groups in total. The zero-order chi connectivity index (χ0) is 14.8. The van der Waals surface area contributed by atoms with Crippen LogP contribution in [0.3, 0.4) is 0 Å². The van der Waals surface area contributed by atoms with Crippen molar-refractivity contribution in [1.29, 1.82) is 0 Å². The monoisotopic (exact) mass is 292 g/mol. The number of nitrogens with zero attached hydrogens (tertiary/aromatic N) is 2. The van der Waals surface area contributed by atoms with Crippen molar-refractivity contribution >= 4 is 5.91 Å². The second-order valence-corrected chi connectivity index (χ2v) is 5.51. The van der Waals surface area contributed by atoms with Gasteiger partial charge in [-0.25, -0.2) is 0 Å². The average molecular weight is 292 g/mol. The highest BCUT2D eigenvalue weighted by molar-refractivity contribution is 5.94. The minimum Gasteiger partial charge on any atom is -0.454 e. The summed E-state index contributed by atoms with van der Waals surface area (Å²) in [7, 11) is 3.86. The van der Waals surface area contributed by atoms with E-state index in [1.54, 1.807) is 30.1 Å². The predicted octanol–water partition coefficient (Wildman–Crippen LogP) is 0.818. The lowest BCUT2D eigenvalue weighted by atomic mass is 10.1. The second-order valence-electron chi connectivity index (χ2n) is 5.51. The Bertz CT molecular complexity index is 534. The molecule has 1 aromatic rings. The van der Waals surface area contributed by atoms with Crippen molar-refractivity contribution in [3.05, 3.63) is 23.8 Å². The van der Waals surface area contributed by atoms with Gasteiger partial charge >= 0.3 is 0 Å². The fourth-order valence-electron chi connectivity index (χ4n) is 2.62. The number of rotatable bonds is 3. The maximum atomic E-state index is 12.5. The van der Waals surface area contributed by atoms with Gasteiger partial charge in [-0.1, -0.05) is 0 Å². The lowest BCUT2D eigenvalue weighted by Gasteiger charge is -2.32. The van der Waals surface area contributed by atoms with Crippen LogP contribution in [0.25, 0.3) is 0 Å². The third-order valence-electron chi connectivity index (χ3n) is 3.79. The Morgan fingerprint density at radius 1 is 1.38 bits per heavy atom. The molecule has 0 aromatic heterocycles. The number of ether oxygens (including phenoxy) is 3. The fourth-order valence-corrected chi connectivity index (χ4v) is 2.62. The molecule has 0 aliphatic carbocycles. The average Bonchev–Trinajstić information content (AvgIpc) is 2.93. The Morgan fingerprint density at radius 2 is 2.19 bits per heavy atom. The maximum Gasteiger partial charge on any atom is 0.253 e. The van der Waals surface area contributed by atoms with Crippen LogP contribution in [0.1, 0.15) is 10.4 Å². The number of likely N-dealkylation sites (N-methyl/N-ethyl adjacent to an activating group) is 2. The van der Waals surface area contributed by atoms with Crippen molar-refractivity contribution < 1.29 is 19.0 Å². The number of hydrogen-bond acceptors (Lipinski definition) is 5. The zero-order valence-corrected chi connectivity index (χ0v) is 12.4. The molecule has 2 aliphatic heterocycles. The van der Waals surface area contributed by atoms with Gasteiger partial charge in [-0.3, -0.25) is 4.79 Å². The molecule has 6 heteroatoms. The summed E-state index contributed by atoms with van der Waals surface area (Å²) in [4.78, 5) is 16.4. The zero-order valence-electron chi connectivity index (χ0n) is 12.4. The molecule has 1 atom stereocenters. The van der Waals surface area contributed by atoms with Gasteiger partial charge in [-0.2, -0.15) is 0 Å². The van der Waals surface area contributed by atoms with E-state index in [0.717, 1.165) is 13.1 Å². The van der Waals surface area contributed by atoms with Gasteiger partial charge in [-0.05, 0) is 25.2 Å². The molecular weight excluding hydrogens is 272 g/mol. The van der Waals surface area contributed by atoms with Crippen molar-refractivity contribution in [3.8, 4) is 11.5 Å². The highest BCUT2D eigenvalue weighted by atomic mass is 16.7. The van der Waals surface area contributed by atoms with Crippen LogP contribution in [-0.4, -0.2) is 68.9 Å². The van der Waals surface area contributed by atoms with Crippen LogP contribution < -0.4 is 9.47 Å². The summed E-state index contributed by atoms with van der Waals surface area (Å²) in [6.45, 7) is 3.30. The smallest absolute Gasteiger partial charge is 0.253 e. The fraction of sp³-hybridized carbons (Fsp3) is 0.533. The second kappa shape index (κ2) is 5.91. The van der Waals surface area contributed by atoms with E-state index in [-0.39, 0.29) is 18.8 Å². The van der Waals surface area contributed by atoms with Crippen molar-refractivity contribution in [2.75, 3.05) is 47.1 Å². The van der Waals surface area contributed by atoms with Gasteiger partial charge in [0.25, 0.3) is 5.91 Å².